The van der Waals surface area contributed by atoms with Crippen molar-refractivity contribution in [2.45, 2.75) is 6.54 Å². The van der Waals surface area contributed by atoms with Gasteiger partial charge in [0.25, 0.3) is 0 Å². The summed E-state index contributed by atoms with van der Waals surface area (Å²) in [6.07, 6.45) is 3.20. The van der Waals surface area contributed by atoms with Gasteiger partial charge in [-0.25, -0.2) is 0 Å². The Hall–Kier alpha value is -2.70. The minimum absolute atomic E-state index is 0.173. The number of morpholine rings is 1. The van der Waals surface area contributed by atoms with Crippen molar-refractivity contribution < 1.29 is 19.0 Å². The van der Waals surface area contributed by atoms with Crippen LogP contribution in [0.15, 0.2) is 42.5 Å². The molecule has 1 amide bonds. The van der Waals surface area contributed by atoms with Crippen molar-refractivity contribution in [3.63, 3.8) is 0 Å². The molecule has 0 saturated carbocycles. The van der Waals surface area contributed by atoms with Gasteiger partial charge in [-0.05, 0) is 41.5 Å². The summed E-state index contributed by atoms with van der Waals surface area (Å²) in [4.78, 5) is 14.5. The number of amides is 1. The second-order valence-electron chi connectivity index (χ2n) is 6.84. The molecule has 0 spiro atoms. The number of benzene rings is 2. The molecule has 0 aliphatic carbocycles. The van der Waals surface area contributed by atoms with Gasteiger partial charge in [0.1, 0.15) is 13.2 Å². The molecule has 7 heteroatoms. The number of halogens is 1. The normalized spacial score (nSPS) is 16.1. The molecule has 1 saturated heterocycles. The van der Waals surface area contributed by atoms with Crippen LogP contribution in [-0.2, 0) is 16.1 Å². The molecule has 0 aromatic heterocycles. The summed E-state index contributed by atoms with van der Waals surface area (Å²) in [5, 5.41) is 3.37. The fourth-order valence-electron chi connectivity index (χ4n) is 3.29. The third-order valence-corrected chi connectivity index (χ3v) is 5.11. The van der Waals surface area contributed by atoms with E-state index in [1.165, 1.54) is 11.8 Å². The first-order chi connectivity index (χ1) is 14.2. The van der Waals surface area contributed by atoms with E-state index in [1.807, 2.05) is 18.2 Å². The quantitative estimate of drug-likeness (QED) is 0.761. The van der Waals surface area contributed by atoms with Crippen molar-refractivity contribution in [2.24, 2.45) is 0 Å². The fourth-order valence-corrected chi connectivity index (χ4v) is 3.57. The number of hydrogen-bond acceptors (Lipinski definition) is 5. The Labute approximate surface area is 175 Å². The summed E-state index contributed by atoms with van der Waals surface area (Å²) in [7, 11) is 0. The van der Waals surface area contributed by atoms with Crippen LogP contribution in [0.4, 0.5) is 5.69 Å². The van der Waals surface area contributed by atoms with Crippen LogP contribution in [0, 0.1) is 0 Å². The third-order valence-electron chi connectivity index (χ3n) is 4.83. The van der Waals surface area contributed by atoms with Crippen molar-refractivity contribution in [1.29, 1.82) is 0 Å². The predicted molar refractivity (Wildman–Crippen MR) is 113 cm³/mol. The highest BCUT2D eigenvalue weighted by Crippen LogP contribution is 2.38. The van der Waals surface area contributed by atoms with E-state index in [2.05, 4.69) is 22.3 Å². The van der Waals surface area contributed by atoms with E-state index in [0.717, 1.165) is 37.4 Å². The van der Waals surface area contributed by atoms with Crippen LogP contribution in [0.1, 0.15) is 11.1 Å². The first kappa shape index (κ1) is 19.6. The minimum Gasteiger partial charge on any atom is -0.486 e. The number of fused-ring (bicyclic) bond motifs is 1. The van der Waals surface area contributed by atoms with Crippen molar-refractivity contribution in [3.05, 3.63) is 58.6 Å². The number of carbonyl (C=O) groups is 1. The van der Waals surface area contributed by atoms with Crippen LogP contribution < -0.4 is 19.7 Å². The molecule has 4 rings (SSSR count). The van der Waals surface area contributed by atoms with Crippen LogP contribution in [0.25, 0.3) is 6.08 Å². The topological polar surface area (TPSA) is 60.0 Å². The van der Waals surface area contributed by atoms with E-state index in [-0.39, 0.29) is 5.91 Å². The van der Waals surface area contributed by atoms with E-state index in [1.54, 1.807) is 12.1 Å². The zero-order chi connectivity index (χ0) is 20.1. The Kier molecular flexibility index (Phi) is 6.22. The summed E-state index contributed by atoms with van der Waals surface area (Å²) in [6.45, 7) is 4.78. The first-order valence-electron chi connectivity index (χ1n) is 9.66. The largest absolute Gasteiger partial charge is 0.486 e. The van der Waals surface area contributed by atoms with Gasteiger partial charge in [-0.3, -0.25) is 4.79 Å². The number of carbonyl (C=O) groups excluding carboxylic acids is 1. The molecule has 1 N–H and O–H groups in total. The highest BCUT2D eigenvalue weighted by atomic mass is 35.5. The van der Waals surface area contributed by atoms with Crippen molar-refractivity contribution >= 4 is 29.3 Å². The smallest absolute Gasteiger partial charge is 0.244 e. The monoisotopic (exact) mass is 414 g/mol. The van der Waals surface area contributed by atoms with Gasteiger partial charge in [0, 0.05) is 31.4 Å². The van der Waals surface area contributed by atoms with Crippen LogP contribution in [-0.4, -0.2) is 45.4 Å². The van der Waals surface area contributed by atoms with E-state index in [0.29, 0.717) is 36.3 Å². The second-order valence-corrected chi connectivity index (χ2v) is 7.25. The van der Waals surface area contributed by atoms with Gasteiger partial charge < -0.3 is 24.4 Å². The Balaban J connectivity index is 1.31. The number of rotatable bonds is 5. The molecule has 2 aromatic rings. The van der Waals surface area contributed by atoms with Crippen molar-refractivity contribution in [1.82, 2.24) is 5.32 Å². The summed E-state index contributed by atoms with van der Waals surface area (Å²) >= 11 is 6.22. The Morgan fingerprint density at radius 2 is 1.83 bits per heavy atom. The van der Waals surface area contributed by atoms with Crippen molar-refractivity contribution in [3.8, 4) is 11.5 Å². The number of hydrogen-bond donors (Lipinski definition) is 1. The van der Waals surface area contributed by atoms with E-state index in [9.17, 15) is 4.79 Å². The van der Waals surface area contributed by atoms with Gasteiger partial charge in [0.15, 0.2) is 11.5 Å². The van der Waals surface area contributed by atoms with E-state index < -0.39 is 0 Å². The molecular weight excluding hydrogens is 392 g/mol. The number of nitrogens with zero attached hydrogens (tertiary/aromatic N) is 1. The SMILES string of the molecule is O=C(/C=C/c1cc(Cl)c2c(c1)OCCO2)NCc1ccc(N2CCOCC2)cc1. The van der Waals surface area contributed by atoms with Gasteiger partial charge in [-0.15, -0.1) is 0 Å². The lowest BCUT2D eigenvalue weighted by atomic mass is 10.1. The van der Waals surface area contributed by atoms with Gasteiger partial charge in [0.2, 0.25) is 5.91 Å². The number of anilines is 1. The van der Waals surface area contributed by atoms with Crippen LogP contribution >= 0.6 is 11.6 Å². The fraction of sp³-hybridized carbons (Fsp3) is 0.318. The zero-order valence-corrected chi connectivity index (χ0v) is 16.8. The molecule has 2 aromatic carbocycles. The molecule has 2 aliphatic rings. The van der Waals surface area contributed by atoms with Gasteiger partial charge in [-0.1, -0.05) is 23.7 Å². The number of ether oxygens (including phenoxy) is 3. The lowest BCUT2D eigenvalue weighted by molar-refractivity contribution is -0.116. The Morgan fingerprint density at radius 1 is 1.07 bits per heavy atom. The standard InChI is InChI=1S/C22H23ClN2O4/c23-19-13-17(14-20-22(19)29-12-11-28-20)3-6-21(26)24-15-16-1-4-18(5-2-16)25-7-9-27-10-8-25/h1-6,13-14H,7-12,15H2,(H,24,26)/b6-3+. The lowest BCUT2D eigenvalue weighted by Gasteiger charge is -2.28. The van der Waals surface area contributed by atoms with Crippen molar-refractivity contribution in [2.75, 3.05) is 44.4 Å². The lowest BCUT2D eigenvalue weighted by Crippen LogP contribution is -2.36. The number of nitrogens with one attached hydrogen (secondary N) is 1. The Morgan fingerprint density at radius 3 is 2.62 bits per heavy atom. The molecule has 0 radical (unpaired) electrons. The molecule has 0 atom stereocenters. The van der Waals surface area contributed by atoms with Crippen LogP contribution in [0.3, 0.4) is 0 Å². The maximum absolute atomic E-state index is 12.2. The van der Waals surface area contributed by atoms with Gasteiger partial charge in [-0.2, -0.15) is 0 Å². The first-order valence-corrected chi connectivity index (χ1v) is 10.0. The summed E-state index contributed by atoms with van der Waals surface area (Å²) in [6, 6.07) is 11.8. The average molecular weight is 415 g/mol. The highest BCUT2D eigenvalue weighted by Gasteiger charge is 2.16. The zero-order valence-electron chi connectivity index (χ0n) is 16.0. The molecule has 2 heterocycles. The average Bonchev–Trinajstić information content (AvgIpc) is 2.77. The highest BCUT2D eigenvalue weighted by molar-refractivity contribution is 6.32. The van der Waals surface area contributed by atoms with Crippen LogP contribution in [0.2, 0.25) is 5.02 Å². The molecule has 0 bridgehead atoms. The summed E-state index contributed by atoms with van der Waals surface area (Å²) in [5.74, 6) is 0.984. The molecule has 152 valence electrons. The summed E-state index contributed by atoms with van der Waals surface area (Å²) < 4.78 is 16.4. The molecule has 2 aliphatic heterocycles. The van der Waals surface area contributed by atoms with Gasteiger partial charge in [0.05, 0.1) is 18.2 Å². The molecule has 6 nitrogen and oxygen atoms in total. The molecule has 1 fully saturated rings. The second kappa shape index (κ2) is 9.20. The van der Waals surface area contributed by atoms with E-state index >= 15 is 0 Å². The Bertz CT molecular complexity index is 892. The summed E-state index contributed by atoms with van der Waals surface area (Å²) in [5.41, 5.74) is 3.01. The van der Waals surface area contributed by atoms with Crippen LogP contribution in [0.5, 0.6) is 11.5 Å². The predicted octanol–water partition coefficient (Wildman–Crippen LogP) is 3.28. The van der Waals surface area contributed by atoms with Gasteiger partial charge >= 0.3 is 0 Å². The maximum Gasteiger partial charge on any atom is 0.244 e. The maximum atomic E-state index is 12.2. The minimum atomic E-state index is -0.173. The third kappa shape index (κ3) is 5.02. The molecular formula is C22H23ClN2O4. The molecule has 29 heavy (non-hydrogen) atoms. The van der Waals surface area contributed by atoms with E-state index in [4.69, 9.17) is 25.8 Å². The molecule has 0 unspecified atom stereocenters.